The van der Waals surface area contributed by atoms with Gasteiger partial charge in [0.15, 0.2) is 5.78 Å². The number of carbonyl (C=O) groups is 1. The highest BCUT2D eigenvalue weighted by molar-refractivity contribution is 6.06. The molecule has 0 bridgehead atoms. The Morgan fingerprint density at radius 3 is 2.64 bits per heavy atom. The predicted octanol–water partition coefficient (Wildman–Crippen LogP) is 1.15. The van der Waals surface area contributed by atoms with Crippen LogP contribution in [0.15, 0.2) is 34.8 Å². The van der Waals surface area contributed by atoms with Crippen LogP contribution >= 0.6 is 0 Å². The minimum absolute atomic E-state index is 0.0108. The zero-order chi connectivity index (χ0) is 8.01. The largest absolute Gasteiger partial charge is 0.511 e. The number of ketones is 1. The van der Waals surface area contributed by atoms with Gasteiger partial charge in [-0.3, -0.25) is 4.79 Å². The number of carbonyl (C=O) groups excluding carboxylic acids is 1. The van der Waals surface area contributed by atoms with Gasteiger partial charge in [-0.05, 0) is 12.2 Å². The number of hydrogen-bond donors (Lipinski definition) is 2. The first kappa shape index (κ1) is 6.22. The molecule has 0 amide bonds. The van der Waals surface area contributed by atoms with Crippen molar-refractivity contribution in [1.82, 2.24) is 0 Å². The Kier molecular flexibility index (Phi) is 0.990. The summed E-state index contributed by atoms with van der Waals surface area (Å²) in [5.41, 5.74) is 0.745. The van der Waals surface area contributed by atoms with Crippen molar-refractivity contribution in [3.05, 3.63) is 34.8 Å². The van der Waals surface area contributed by atoms with Crippen molar-refractivity contribution in [2.45, 2.75) is 6.42 Å². The first-order valence-corrected chi connectivity index (χ1v) is 3.27. The molecule has 0 radical (unpaired) electrons. The molecule has 2 aliphatic rings. The molecule has 0 fully saturated rings. The topological polar surface area (TPSA) is 57.5 Å². The summed E-state index contributed by atoms with van der Waals surface area (Å²) in [5, 5.41) is 18.3. The molecule has 0 heterocycles. The maximum atomic E-state index is 11.0. The first-order valence-electron chi connectivity index (χ1n) is 3.27. The van der Waals surface area contributed by atoms with Crippen LogP contribution in [0.25, 0.3) is 0 Å². The second-order valence-corrected chi connectivity index (χ2v) is 2.55. The van der Waals surface area contributed by atoms with E-state index in [0.29, 0.717) is 11.1 Å². The van der Waals surface area contributed by atoms with E-state index in [9.17, 15) is 4.79 Å². The smallest absolute Gasteiger partial charge is 0.171 e. The van der Waals surface area contributed by atoms with Crippen LogP contribution in [0.2, 0.25) is 0 Å². The number of hydrogen-bond acceptors (Lipinski definition) is 3. The van der Waals surface area contributed by atoms with Crippen LogP contribution < -0.4 is 0 Å². The molecule has 0 aliphatic heterocycles. The number of rotatable bonds is 0. The van der Waals surface area contributed by atoms with Crippen molar-refractivity contribution in [2.24, 2.45) is 0 Å². The Balaban J connectivity index is 2.57. The highest BCUT2D eigenvalue weighted by Gasteiger charge is 2.31. The molecule has 0 atom stereocenters. The second-order valence-electron chi connectivity index (χ2n) is 2.55. The summed E-state index contributed by atoms with van der Waals surface area (Å²) in [6, 6.07) is 0. The minimum atomic E-state index is -0.127. The van der Waals surface area contributed by atoms with E-state index in [1.165, 1.54) is 12.2 Å². The molecule has 2 aliphatic carbocycles. The van der Waals surface area contributed by atoms with Gasteiger partial charge in [-0.15, -0.1) is 0 Å². The van der Waals surface area contributed by atoms with E-state index in [1.54, 1.807) is 0 Å². The lowest BCUT2D eigenvalue weighted by molar-refractivity contribution is -0.114. The van der Waals surface area contributed by atoms with Gasteiger partial charge >= 0.3 is 0 Å². The van der Waals surface area contributed by atoms with Gasteiger partial charge in [0, 0.05) is 5.57 Å². The summed E-state index contributed by atoms with van der Waals surface area (Å²) in [6.07, 6.45) is 2.97. The summed E-state index contributed by atoms with van der Waals surface area (Å²) in [7, 11) is 0. The Morgan fingerprint density at radius 2 is 2.00 bits per heavy atom. The number of aliphatic hydroxyl groups excluding tert-OH is 2. The molecule has 11 heavy (non-hydrogen) atoms. The third kappa shape index (κ3) is 0.648. The molecule has 0 aromatic heterocycles. The number of allylic oxidation sites excluding steroid dienone is 4. The maximum Gasteiger partial charge on any atom is 0.171 e. The molecule has 2 rings (SSSR count). The van der Waals surface area contributed by atoms with Crippen LogP contribution in [0.5, 0.6) is 0 Å². The maximum absolute atomic E-state index is 11.0. The quantitative estimate of drug-likeness (QED) is 0.544. The highest BCUT2D eigenvalue weighted by Crippen LogP contribution is 2.34. The molecule has 2 N–H and O–H groups in total. The van der Waals surface area contributed by atoms with E-state index >= 15 is 0 Å². The fraction of sp³-hybridized carbons (Fsp3) is 0.125. The van der Waals surface area contributed by atoms with Crippen LogP contribution in [-0.4, -0.2) is 16.0 Å². The standard InChI is InChI=1S/C8H6O3/c9-5-2-1-4-6(10)3-7(11)8(4)5/h1-2,9,11H,3H2. The van der Waals surface area contributed by atoms with Gasteiger partial charge in [0.1, 0.15) is 11.5 Å². The lowest BCUT2D eigenvalue weighted by Crippen LogP contribution is -1.93. The van der Waals surface area contributed by atoms with Crippen LogP contribution in [0.1, 0.15) is 6.42 Å². The van der Waals surface area contributed by atoms with Gasteiger partial charge in [0.25, 0.3) is 0 Å². The minimum Gasteiger partial charge on any atom is -0.511 e. The van der Waals surface area contributed by atoms with Gasteiger partial charge < -0.3 is 10.2 Å². The summed E-state index contributed by atoms with van der Waals surface area (Å²) >= 11 is 0. The molecule has 56 valence electrons. The molecule has 0 aromatic carbocycles. The highest BCUT2D eigenvalue weighted by atomic mass is 16.3. The fourth-order valence-electron chi connectivity index (χ4n) is 1.34. The monoisotopic (exact) mass is 150 g/mol. The zero-order valence-corrected chi connectivity index (χ0v) is 5.66. The van der Waals surface area contributed by atoms with E-state index in [0.717, 1.165) is 0 Å². The Hall–Kier alpha value is -1.51. The van der Waals surface area contributed by atoms with E-state index in [-0.39, 0.29) is 23.7 Å². The Labute approximate surface area is 63.0 Å². The summed E-state index contributed by atoms with van der Waals surface area (Å²) in [4.78, 5) is 11.0. The van der Waals surface area contributed by atoms with Crippen molar-refractivity contribution < 1.29 is 15.0 Å². The van der Waals surface area contributed by atoms with Crippen LogP contribution in [0.3, 0.4) is 0 Å². The molecular formula is C8H6O3. The van der Waals surface area contributed by atoms with Crippen molar-refractivity contribution in [1.29, 1.82) is 0 Å². The normalized spacial score (nSPS) is 22.0. The lowest BCUT2D eigenvalue weighted by atomic mass is 10.1. The van der Waals surface area contributed by atoms with E-state index in [1.807, 2.05) is 0 Å². The average Bonchev–Trinajstić information content (AvgIpc) is 2.41. The van der Waals surface area contributed by atoms with Gasteiger partial charge in [0.2, 0.25) is 0 Å². The van der Waals surface area contributed by atoms with E-state index in [4.69, 9.17) is 10.2 Å². The van der Waals surface area contributed by atoms with Crippen LogP contribution in [-0.2, 0) is 4.79 Å². The molecule has 0 aromatic rings. The van der Waals surface area contributed by atoms with Gasteiger partial charge in [0.05, 0.1) is 12.0 Å². The number of Topliss-reactive ketones (excluding diaryl/α,β-unsaturated/α-hetero) is 1. The lowest BCUT2D eigenvalue weighted by Gasteiger charge is -1.94. The van der Waals surface area contributed by atoms with Crippen molar-refractivity contribution >= 4 is 5.78 Å². The number of aliphatic hydroxyl groups is 2. The number of fused-ring (bicyclic) bond motifs is 1. The summed E-state index contributed by atoms with van der Waals surface area (Å²) < 4.78 is 0. The average molecular weight is 150 g/mol. The van der Waals surface area contributed by atoms with Crippen molar-refractivity contribution in [2.75, 3.05) is 0 Å². The summed E-state index contributed by atoms with van der Waals surface area (Å²) in [6.45, 7) is 0. The first-order chi connectivity index (χ1) is 5.20. The molecule has 0 saturated carbocycles. The molecule has 0 unspecified atom stereocenters. The third-order valence-electron chi connectivity index (χ3n) is 1.85. The summed E-state index contributed by atoms with van der Waals surface area (Å²) in [5.74, 6) is -0.159. The molecular weight excluding hydrogens is 144 g/mol. The Morgan fingerprint density at radius 1 is 1.27 bits per heavy atom. The molecule has 3 nitrogen and oxygen atoms in total. The molecule has 3 heteroatoms. The van der Waals surface area contributed by atoms with E-state index in [2.05, 4.69) is 0 Å². The van der Waals surface area contributed by atoms with Gasteiger partial charge in [-0.1, -0.05) is 0 Å². The zero-order valence-electron chi connectivity index (χ0n) is 5.66. The van der Waals surface area contributed by atoms with Gasteiger partial charge in [-0.25, -0.2) is 0 Å². The molecule has 0 spiro atoms. The Bertz CT molecular complexity index is 331. The van der Waals surface area contributed by atoms with Crippen molar-refractivity contribution in [3.63, 3.8) is 0 Å². The van der Waals surface area contributed by atoms with Crippen molar-refractivity contribution in [3.8, 4) is 0 Å². The molecule has 0 saturated heterocycles. The second kappa shape index (κ2) is 1.75. The fourth-order valence-corrected chi connectivity index (χ4v) is 1.34. The third-order valence-corrected chi connectivity index (χ3v) is 1.85. The predicted molar refractivity (Wildman–Crippen MR) is 38.1 cm³/mol. The van der Waals surface area contributed by atoms with Crippen LogP contribution in [0.4, 0.5) is 0 Å². The SMILES string of the molecule is O=C1CC(O)=C2C(O)=CC=C12. The van der Waals surface area contributed by atoms with Gasteiger partial charge in [-0.2, -0.15) is 0 Å². The van der Waals surface area contributed by atoms with Crippen LogP contribution in [0, 0.1) is 0 Å². The van der Waals surface area contributed by atoms with E-state index < -0.39 is 0 Å².